The number of benzene rings is 1. The number of likely N-dealkylation sites (tertiary alicyclic amines) is 1. The predicted molar refractivity (Wildman–Crippen MR) is 115 cm³/mol. The first-order chi connectivity index (χ1) is 13.3. The van der Waals surface area contributed by atoms with E-state index in [0.717, 1.165) is 44.5 Å². The zero-order valence-electron chi connectivity index (χ0n) is 18.4. The van der Waals surface area contributed by atoms with Crippen LogP contribution >= 0.6 is 0 Å². The number of rotatable bonds is 6. The van der Waals surface area contributed by atoms with Crippen molar-refractivity contribution < 1.29 is 9.53 Å². The molecule has 0 radical (unpaired) electrons. The van der Waals surface area contributed by atoms with E-state index in [1.807, 2.05) is 11.9 Å². The van der Waals surface area contributed by atoms with Crippen molar-refractivity contribution in [3.8, 4) is 0 Å². The quantitative estimate of drug-likeness (QED) is 0.740. The van der Waals surface area contributed by atoms with Crippen LogP contribution in [-0.2, 0) is 21.4 Å². The number of hydrogen-bond acceptors (Lipinski definition) is 3. The number of likely N-dealkylation sites (N-methyl/N-ethyl adjacent to an activating group) is 1. The van der Waals surface area contributed by atoms with Crippen LogP contribution in [0.3, 0.4) is 0 Å². The molecular weight excluding hydrogens is 348 g/mol. The third-order valence-corrected chi connectivity index (χ3v) is 6.83. The molecule has 0 aromatic heterocycles. The van der Waals surface area contributed by atoms with Gasteiger partial charge < -0.3 is 14.5 Å². The molecule has 0 aliphatic carbocycles. The Bertz CT molecular complexity index is 647. The number of aryl methyl sites for hydroxylation is 1. The van der Waals surface area contributed by atoms with E-state index in [4.69, 9.17) is 4.74 Å². The molecule has 1 amide bonds. The zero-order valence-corrected chi connectivity index (χ0v) is 18.4. The maximum atomic E-state index is 13.3. The lowest BCUT2D eigenvalue weighted by atomic mass is 9.82. The minimum absolute atomic E-state index is 0.225. The summed E-state index contributed by atoms with van der Waals surface area (Å²) in [6.07, 6.45) is 6.32. The topological polar surface area (TPSA) is 32.8 Å². The van der Waals surface area contributed by atoms with Gasteiger partial charge in [0.25, 0.3) is 0 Å². The minimum atomic E-state index is -0.494. The van der Waals surface area contributed by atoms with Gasteiger partial charge in [-0.1, -0.05) is 31.2 Å². The van der Waals surface area contributed by atoms with Gasteiger partial charge in [-0.15, -0.1) is 0 Å². The molecule has 2 heterocycles. The van der Waals surface area contributed by atoms with Crippen LogP contribution in [0.25, 0.3) is 0 Å². The maximum Gasteiger partial charge on any atom is 0.232 e. The third kappa shape index (κ3) is 4.77. The lowest BCUT2D eigenvalue weighted by Crippen LogP contribution is -2.51. The first-order valence-electron chi connectivity index (χ1n) is 11.1. The molecule has 2 fully saturated rings. The van der Waals surface area contributed by atoms with Crippen LogP contribution in [0.15, 0.2) is 24.3 Å². The second-order valence-corrected chi connectivity index (χ2v) is 9.27. The first-order valence-corrected chi connectivity index (χ1v) is 11.1. The summed E-state index contributed by atoms with van der Waals surface area (Å²) in [5.41, 5.74) is 1.92. The zero-order chi connectivity index (χ0) is 20.3. The number of amides is 1. The number of carbonyl (C=O) groups excluding carboxylic acids is 1. The summed E-state index contributed by atoms with van der Waals surface area (Å²) < 4.78 is 5.98. The molecule has 1 aromatic carbocycles. The Morgan fingerprint density at radius 1 is 1.14 bits per heavy atom. The van der Waals surface area contributed by atoms with Gasteiger partial charge in [0.05, 0.1) is 17.6 Å². The second-order valence-electron chi connectivity index (χ2n) is 9.27. The van der Waals surface area contributed by atoms with E-state index in [2.05, 4.69) is 56.9 Å². The summed E-state index contributed by atoms with van der Waals surface area (Å²) in [5, 5.41) is 0. The molecule has 2 unspecified atom stereocenters. The number of ether oxygens (including phenoxy) is 1. The highest BCUT2D eigenvalue weighted by Gasteiger charge is 2.36. The molecule has 2 saturated heterocycles. The fourth-order valence-corrected chi connectivity index (χ4v) is 4.68. The second kappa shape index (κ2) is 8.96. The molecule has 1 aromatic rings. The van der Waals surface area contributed by atoms with Crippen LogP contribution in [0.2, 0.25) is 0 Å². The summed E-state index contributed by atoms with van der Waals surface area (Å²) in [4.78, 5) is 17.8. The van der Waals surface area contributed by atoms with Gasteiger partial charge >= 0.3 is 0 Å². The number of nitrogens with zero attached hydrogens (tertiary/aromatic N) is 2. The Morgan fingerprint density at radius 2 is 1.79 bits per heavy atom. The van der Waals surface area contributed by atoms with Crippen molar-refractivity contribution in [3.63, 3.8) is 0 Å². The van der Waals surface area contributed by atoms with Crippen LogP contribution in [0, 0.1) is 0 Å². The summed E-state index contributed by atoms with van der Waals surface area (Å²) >= 11 is 0. The van der Waals surface area contributed by atoms with Crippen molar-refractivity contribution in [3.05, 3.63) is 35.4 Å². The summed E-state index contributed by atoms with van der Waals surface area (Å²) in [6.45, 7) is 11.6. The Hall–Kier alpha value is -1.39. The van der Waals surface area contributed by atoms with Crippen molar-refractivity contribution in [1.82, 2.24) is 9.80 Å². The molecule has 2 aliphatic rings. The summed E-state index contributed by atoms with van der Waals surface area (Å²) in [6, 6.07) is 8.87. The Balaban J connectivity index is 1.54. The van der Waals surface area contributed by atoms with E-state index < -0.39 is 5.41 Å². The SMILES string of the molecule is CCc1ccc(C(C)(C)C(=O)N(C)C2CCN(CC3CCC(C)O3)CC2)cc1. The van der Waals surface area contributed by atoms with E-state index in [0.29, 0.717) is 18.2 Å². The van der Waals surface area contributed by atoms with Crippen LogP contribution in [0.1, 0.15) is 64.5 Å². The average Bonchev–Trinajstić information content (AvgIpc) is 3.12. The standard InChI is InChI=1S/C24H38N2O2/c1-6-19-8-10-20(11-9-19)24(3,4)23(27)25(5)21-13-15-26(16-14-21)17-22-12-7-18(2)28-22/h8-11,18,21-22H,6-7,12-17H2,1-5H3. The molecule has 3 rings (SSSR count). The molecule has 0 spiro atoms. The lowest BCUT2D eigenvalue weighted by Gasteiger charge is -2.40. The Kier molecular flexibility index (Phi) is 6.82. The summed E-state index contributed by atoms with van der Waals surface area (Å²) in [7, 11) is 1.99. The van der Waals surface area contributed by atoms with Crippen molar-refractivity contribution in [2.24, 2.45) is 0 Å². The monoisotopic (exact) mass is 386 g/mol. The minimum Gasteiger partial charge on any atom is -0.374 e. The van der Waals surface area contributed by atoms with Gasteiger partial charge in [-0.3, -0.25) is 4.79 Å². The Labute approximate surface area is 171 Å². The molecule has 4 nitrogen and oxygen atoms in total. The normalized spacial score (nSPS) is 24.5. The largest absolute Gasteiger partial charge is 0.374 e. The molecule has 156 valence electrons. The molecule has 2 atom stereocenters. The first kappa shape index (κ1) is 21.3. The van der Waals surface area contributed by atoms with E-state index in [1.54, 1.807) is 0 Å². The van der Waals surface area contributed by atoms with Gasteiger partial charge in [0.15, 0.2) is 0 Å². The fraction of sp³-hybridized carbons (Fsp3) is 0.708. The molecule has 0 saturated carbocycles. The molecule has 0 N–H and O–H groups in total. The van der Waals surface area contributed by atoms with Gasteiger partial charge in [0, 0.05) is 32.7 Å². The van der Waals surface area contributed by atoms with E-state index in [1.165, 1.54) is 18.4 Å². The van der Waals surface area contributed by atoms with Crippen LogP contribution in [0.4, 0.5) is 0 Å². The highest BCUT2D eigenvalue weighted by atomic mass is 16.5. The fourth-order valence-electron chi connectivity index (χ4n) is 4.68. The van der Waals surface area contributed by atoms with E-state index in [-0.39, 0.29) is 5.91 Å². The van der Waals surface area contributed by atoms with Gasteiger partial charge in [-0.2, -0.15) is 0 Å². The smallest absolute Gasteiger partial charge is 0.232 e. The molecule has 4 heteroatoms. The van der Waals surface area contributed by atoms with E-state index >= 15 is 0 Å². The maximum absolute atomic E-state index is 13.3. The summed E-state index contributed by atoms with van der Waals surface area (Å²) in [5.74, 6) is 0.225. The predicted octanol–water partition coefficient (Wildman–Crippen LogP) is 4.02. The van der Waals surface area contributed by atoms with Gasteiger partial charge in [-0.25, -0.2) is 0 Å². The van der Waals surface area contributed by atoms with Crippen LogP contribution in [0.5, 0.6) is 0 Å². The van der Waals surface area contributed by atoms with Gasteiger partial charge in [-0.05, 0) is 64.0 Å². The highest BCUT2D eigenvalue weighted by molar-refractivity contribution is 5.87. The third-order valence-electron chi connectivity index (χ3n) is 6.83. The van der Waals surface area contributed by atoms with Crippen LogP contribution in [-0.4, -0.2) is 60.6 Å². The van der Waals surface area contributed by atoms with Gasteiger partial charge in [0.1, 0.15) is 0 Å². The molecular formula is C24H38N2O2. The molecule has 28 heavy (non-hydrogen) atoms. The van der Waals surface area contributed by atoms with Crippen molar-refractivity contribution in [2.45, 2.75) is 83.5 Å². The number of hydrogen-bond donors (Lipinski definition) is 0. The molecule has 2 aliphatic heterocycles. The lowest BCUT2D eigenvalue weighted by molar-refractivity contribution is -0.138. The van der Waals surface area contributed by atoms with Crippen molar-refractivity contribution >= 4 is 5.91 Å². The Morgan fingerprint density at radius 3 is 2.32 bits per heavy atom. The van der Waals surface area contributed by atoms with Crippen LogP contribution < -0.4 is 0 Å². The van der Waals surface area contributed by atoms with Gasteiger partial charge in [0.2, 0.25) is 5.91 Å². The van der Waals surface area contributed by atoms with E-state index in [9.17, 15) is 4.79 Å². The number of piperidine rings is 1. The molecule has 0 bridgehead atoms. The highest BCUT2D eigenvalue weighted by Crippen LogP contribution is 2.29. The average molecular weight is 387 g/mol. The van der Waals surface area contributed by atoms with Crippen molar-refractivity contribution in [1.29, 1.82) is 0 Å². The van der Waals surface area contributed by atoms with Crippen molar-refractivity contribution in [2.75, 3.05) is 26.7 Å². The number of carbonyl (C=O) groups is 1.